The fraction of sp³-hybridized carbons (Fsp3) is 0.483. The number of aryl methyl sites for hydroxylation is 2. The van der Waals surface area contributed by atoms with Gasteiger partial charge in [0.1, 0.15) is 0 Å². The molecular weight excluding hydrogens is 610 g/mol. The third kappa shape index (κ3) is 5.65. The number of benzene rings is 1. The van der Waals surface area contributed by atoms with Crippen LogP contribution < -0.4 is 5.32 Å². The van der Waals surface area contributed by atoms with Gasteiger partial charge in [-0.15, -0.1) is 0 Å². The van der Waals surface area contributed by atoms with E-state index in [2.05, 4.69) is 15.4 Å². The summed E-state index contributed by atoms with van der Waals surface area (Å²) >= 11 is 0. The van der Waals surface area contributed by atoms with Gasteiger partial charge in [-0.2, -0.15) is 44.6 Å². The molecule has 1 amide bonds. The number of alkyl halides is 10. The topological polar surface area (TPSA) is 59.8 Å². The molecule has 2 aliphatic carbocycles. The zero-order valence-corrected chi connectivity index (χ0v) is 23.3. The lowest BCUT2D eigenvalue weighted by Gasteiger charge is -2.31. The van der Waals surface area contributed by atoms with Gasteiger partial charge in [-0.05, 0) is 49.8 Å². The number of halogens is 10. The molecule has 44 heavy (non-hydrogen) atoms. The summed E-state index contributed by atoms with van der Waals surface area (Å²) in [5.41, 5.74) is -10.9. The highest BCUT2D eigenvalue weighted by molar-refractivity contribution is 5.96. The van der Waals surface area contributed by atoms with E-state index >= 15 is 0 Å². The summed E-state index contributed by atoms with van der Waals surface area (Å²) in [4.78, 5) is 17.3. The Kier molecular flexibility index (Phi) is 7.77. The predicted octanol–water partition coefficient (Wildman–Crippen LogP) is 8.17. The molecule has 3 aromatic rings. The zero-order valence-electron chi connectivity index (χ0n) is 23.3. The summed E-state index contributed by atoms with van der Waals surface area (Å²) in [5, 5.41) is 6.85. The number of carbonyl (C=O) groups excluding carboxylic acids is 1. The van der Waals surface area contributed by atoms with Gasteiger partial charge in [0.25, 0.3) is 5.91 Å². The maximum atomic E-state index is 14.7. The molecule has 1 aromatic carbocycles. The Balaban J connectivity index is 1.48. The fourth-order valence-corrected chi connectivity index (χ4v) is 6.03. The van der Waals surface area contributed by atoms with Gasteiger partial charge in [0.05, 0.1) is 28.7 Å². The lowest BCUT2D eigenvalue weighted by molar-refractivity contribution is -0.348. The second-order valence-electron chi connectivity index (χ2n) is 11.4. The Morgan fingerprint density at radius 2 is 1.52 bits per heavy atom. The largest absolute Gasteiger partial charge is 0.435 e. The molecule has 2 fully saturated rings. The number of aromatic nitrogens is 3. The van der Waals surface area contributed by atoms with Crippen molar-refractivity contribution in [3.8, 4) is 16.8 Å². The minimum absolute atomic E-state index is 0.0425. The number of carbonyl (C=O) groups is 1. The molecule has 5 rings (SSSR count). The van der Waals surface area contributed by atoms with E-state index in [0.29, 0.717) is 22.2 Å². The molecule has 0 saturated heterocycles. The van der Waals surface area contributed by atoms with Crippen LogP contribution in [0.1, 0.15) is 64.8 Å². The summed E-state index contributed by atoms with van der Waals surface area (Å²) in [5.74, 6) is 0.632. The molecule has 0 radical (unpaired) electrons. The van der Waals surface area contributed by atoms with Crippen LogP contribution in [0.3, 0.4) is 0 Å². The van der Waals surface area contributed by atoms with E-state index in [-0.39, 0.29) is 34.7 Å². The van der Waals surface area contributed by atoms with Crippen LogP contribution in [0, 0.1) is 25.7 Å². The molecule has 0 bridgehead atoms. The van der Waals surface area contributed by atoms with Crippen molar-refractivity contribution in [3.63, 3.8) is 0 Å². The lowest BCUT2D eigenvalue weighted by Crippen LogP contribution is -2.50. The first-order valence-electron chi connectivity index (χ1n) is 13.7. The Morgan fingerprint density at radius 3 is 2.11 bits per heavy atom. The zero-order chi connectivity index (χ0) is 32.4. The molecule has 15 heteroatoms. The Hall–Kier alpha value is -3.65. The van der Waals surface area contributed by atoms with Gasteiger partial charge in [0.2, 0.25) is 0 Å². The third-order valence-electron chi connectivity index (χ3n) is 8.42. The molecular formula is C29H26F10N4O. The Morgan fingerprint density at radius 1 is 0.886 bits per heavy atom. The van der Waals surface area contributed by atoms with Crippen LogP contribution >= 0.6 is 0 Å². The SMILES string of the molecule is Cc1cc(C(F)(C(F)(F)F)C(F)(F)F)cc(C(F)(F)F)c1-n1cc(-c2cnc(C)c(C(=O)NC3CC3C3CCCC3)c2)cn1. The number of hydrogen-bond acceptors (Lipinski definition) is 3. The molecule has 0 aliphatic heterocycles. The van der Waals surface area contributed by atoms with Crippen LogP contribution in [0.2, 0.25) is 0 Å². The molecule has 0 spiro atoms. The molecule has 5 nitrogen and oxygen atoms in total. The number of nitrogens with zero attached hydrogens (tertiary/aromatic N) is 3. The Labute approximate surface area is 244 Å². The van der Waals surface area contributed by atoms with Gasteiger partial charge in [0, 0.05) is 35.1 Å². The fourth-order valence-electron chi connectivity index (χ4n) is 6.03. The summed E-state index contributed by atoms with van der Waals surface area (Å²) < 4.78 is 137. The maximum absolute atomic E-state index is 14.7. The average Bonchev–Trinajstić information content (AvgIpc) is 3.28. The summed E-state index contributed by atoms with van der Waals surface area (Å²) in [7, 11) is 0. The minimum Gasteiger partial charge on any atom is -0.349 e. The number of amides is 1. The predicted molar refractivity (Wildman–Crippen MR) is 137 cm³/mol. The van der Waals surface area contributed by atoms with E-state index in [1.807, 2.05) is 0 Å². The van der Waals surface area contributed by atoms with Crippen molar-refractivity contribution in [1.29, 1.82) is 0 Å². The summed E-state index contributed by atoms with van der Waals surface area (Å²) in [6.45, 7) is 2.42. The van der Waals surface area contributed by atoms with E-state index in [0.717, 1.165) is 38.6 Å². The van der Waals surface area contributed by atoms with Crippen LogP contribution in [0.15, 0.2) is 36.8 Å². The van der Waals surface area contributed by atoms with E-state index in [9.17, 15) is 48.7 Å². The molecule has 2 aromatic heterocycles. The van der Waals surface area contributed by atoms with Gasteiger partial charge >= 0.3 is 24.2 Å². The van der Waals surface area contributed by atoms with Crippen molar-refractivity contribution >= 4 is 5.91 Å². The normalized spacial score (nSPS) is 19.8. The number of rotatable bonds is 6. The maximum Gasteiger partial charge on any atom is 0.435 e. The van der Waals surface area contributed by atoms with Gasteiger partial charge in [0.15, 0.2) is 0 Å². The van der Waals surface area contributed by atoms with Crippen molar-refractivity contribution in [2.24, 2.45) is 11.8 Å². The second-order valence-corrected chi connectivity index (χ2v) is 11.4. The lowest BCUT2D eigenvalue weighted by atomic mass is 9.90. The first-order valence-corrected chi connectivity index (χ1v) is 13.7. The third-order valence-corrected chi connectivity index (χ3v) is 8.42. The smallest absolute Gasteiger partial charge is 0.349 e. The standard InChI is InChI=1S/C29H26F10N4O/c1-14-7-19(26(30,28(34,35)36)29(37,38)39)9-22(27(31,32)33)24(14)43-13-18(12-41-43)17-8-20(15(2)40-11-17)25(44)42-23-10-21(23)16-5-3-4-6-16/h7-9,11-13,16,21,23H,3-6,10H2,1-2H3,(H,42,44). The van der Waals surface area contributed by atoms with Gasteiger partial charge in [-0.1, -0.05) is 31.7 Å². The highest BCUT2D eigenvalue weighted by Crippen LogP contribution is 2.54. The van der Waals surface area contributed by atoms with Gasteiger partial charge in [-0.3, -0.25) is 9.78 Å². The first kappa shape index (κ1) is 31.8. The quantitative estimate of drug-likeness (QED) is 0.278. The van der Waals surface area contributed by atoms with Crippen molar-refractivity contribution in [2.45, 2.75) is 76.2 Å². The summed E-state index contributed by atoms with van der Waals surface area (Å²) in [6.07, 6.45) is -9.69. The summed E-state index contributed by atoms with van der Waals surface area (Å²) in [6, 6.07) is 1.08. The number of pyridine rings is 1. The monoisotopic (exact) mass is 636 g/mol. The highest BCUT2D eigenvalue weighted by Gasteiger charge is 2.73. The number of hydrogen-bond donors (Lipinski definition) is 1. The van der Waals surface area contributed by atoms with Crippen molar-refractivity contribution < 1.29 is 48.7 Å². The van der Waals surface area contributed by atoms with Crippen LogP contribution in [-0.4, -0.2) is 39.1 Å². The van der Waals surface area contributed by atoms with E-state index in [1.54, 1.807) is 6.92 Å². The highest BCUT2D eigenvalue weighted by atomic mass is 19.4. The average molecular weight is 637 g/mol. The second kappa shape index (κ2) is 10.8. The van der Waals surface area contributed by atoms with E-state index in [4.69, 9.17) is 0 Å². The van der Waals surface area contributed by atoms with Crippen LogP contribution in [0.5, 0.6) is 0 Å². The molecule has 2 heterocycles. The molecule has 238 valence electrons. The van der Waals surface area contributed by atoms with Crippen molar-refractivity contribution in [3.05, 3.63) is 64.7 Å². The minimum atomic E-state index is -6.60. The van der Waals surface area contributed by atoms with Gasteiger partial charge in [-0.25, -0.2) is 9.07 Å². The molecule has 2 aliphatic rings. The number of nitrogens with one attached hydrogen (secondary N) is 1. The molecule has 2 unspecified atom stereocenters. The molecule has 1 N–H and O–H groups in total. The van der Waals surface area contributed by atoms with Crippen molar-refractivity contribution in [1.82, 2.24) is 20.1 Å². The molecule has 2 saturated carbocycles. The van der Waals surface area contributed by atoms with Crippen LogP contribution in [-0.2, 0) is 11.8 Å². The van der Waals surface area contributed by atoms with E-state index < -0.39 is 52.6 Å². The Bertz CT molecular complexity index is 1550. The van der Waals surface area contributed by atoms with Crippen LogP contribution in [0.4, 0.5) is 43.9 Å². The first-order chi connectivity index (χ1) is 20.3. The van der Waals surface area contributed by atoms with Crippen molar-refractivity contribution in [2.75, 3.05) is 0 Å². The van der Waals surface area contributed by atoms with Crippen LogP contribution in [0.25, 0.3) is 16.8 Å². The van der Waals surface area contributed by atoms with E-state index in [1.165, 1.54) is 25.1 Å². The molecule has 2 atom stereocenters. The van der Waals surface area contributed by atoms with Gasteiger partial charge < -0.3 is 5.32 Å².